The molecule has 1 aromatic carbocycles. The maximum Gasteiger partial charge on any atom is 0.273 e. The van der Waals surface area contributed by atoms with Gasteiger partial charge >= 0.3 is 0 Å². The molecule has 148 valence electrons. The first kappa shape index (κ1) is 19.5. The second-order valence-electron chi connectivity index (χ2n) is 6.91. The number of benzene rings is 1. The molecule has 8 heteroatoms. The Morgan fingerprint density at radius 2 is 1.66 bits per heavy atom. The molecule has 0 bridgehead atoms. The molecular weight excluding hydrogens is 412 g/mol. The van der Waals surface area contributed by atoms with Crippen LogP contribution in [0.3, 0.4) is 0 Å². The van der Waals surface area contributed by atoms with E-state index in [1.54, 1.807) is 29.6 Å². The molecule has 6 nitrogen and oxygen atoms in total. The van der Waals surface area contributed by atoms with E-state index in [4.69, 9.17) is 11.6 Å². The van der Waals surface area contributed by atoms with Crippen molar-refractivity contribution in [2.24, 2.45) is 11.8 Å². The van der Waals surface area contributed by atoms with Gasteiger partial charge in [-0.3, -0.25) is 19.2 Å². The topological polar surface area (TPSA) is 74.8 Å². The third kappa shape index (κ3) is 3.63. The number of amides is 3. The number of nitrogens with zero attached hydrogens (tertiary/aromatic N) is 2. The minimum absolute atomic E-state index is 0.238. The monoisotopic (exact) mass is 428 g/mol. The molecule has 1 saturated heterocycles. The predicted molar refractivity (Wildman–Crippen MR) is 108 cm³/mol. The molecule has 3 amide bonds. The number of carbonyl (C=O) groups is 4. The fourth-order valence-electron chi connectivity index (χ4n) is 3.65. The van der Waals surface area contributed by atoms with Gasteiger partial charge in [0.2, 0.25) is 0 Å². The highest BCUT2D eigenvalue weighted by atomic mass is 35.5. The number of imide groups is 1. The highest BCUT2D eigenvalue weighted by Crippen LogP contribution is 2.36. The lowest BCUT2D eigenvalue weighted by Gasteiger charge is -2.30. The molecule has 29 heavy (non-hydrogen) atoms. The SMILES string of the molecule is O=C(CN(C(=O)c1ccc(Cl)cc1)N1C(=O)[C@@H]2CC=CC[C@H]2C1=O)c1cccs1. The van der Waals surface area contributed by atoms with E-state index in [1.807, 2.05) is 12.2 Å². The van der Waals surface area contributed by atoms with E-state index in [-0.39, 0.29) is 11.3 Å². The van der Waals surface area contributed by atoms with Crippen molar-refractivity contribution in [1.82, 2.24) is 10.0 Å². The number of Topliss-reactive ketones (excluding diaryl/α,β-unsaturated/α-hetero) is 1. The smallest absolute Gasteiger partial charge is 0.273 e. The van der Waals surface area contributed by atoms with Crippen LogP contribution in [0.2, 0.25) is 5.02 Å². The number of hydrazine groups is 1. The van der Waals surface area contributed by atoms with Gasteiger partial charge < -0.3 is 0 Å². The Labute approximate surface area is 176 Å². The summed E-state index contributed by atoms with van der Waals surface area (Å²) in [4.78, 5) is 52.4. The third-order valence-electron chi connectivity index (χ3n) is 5.14. The molecular formula is C21H17ClN2O4S. The molecule has 0 unspecified atom stereocenters. The van der Waals surface area contributed by atoms with Crippen LogP contribution in [0.25, 0.3) is 0 Å². The Bertz CT molecular complexity index is 974. The van der Waals surface area contributed by atoms with Gasteiger partial charge in [-0.2, -0.15) is 5.01 Å². The quantitative estimate of drug-likeness (QED) is 0.414. The molecule has 2 atom stereocenters. The van der Waals surface area contributed by atoms with Gasteiger partial charge in [0.1, 0.15) is 6.54 Å². The molecule has 2 aliphatic rings. The normalized spacial score (nSPS) is 20.7. The third-order valence-corrected chi connectivity index (χ3v) is 6.30. The minimum Gasteiger partial charge on any atom is -0.291 e. The number of rotatable bonds is 5. The number of hydrogen-bond acceptors (Lipinski definition) is 5. The molecule has 0 saturated carbocycles. The van der Waals surface area contributed by atoms with Gasteiger partial charge in [0, 0.05) is 10.6 Å². The number of allylic oxidation sites excluding steroid dienone is 2. The van der Waals surface area contributed by atoms with Gasteiger partial charge in [0.25, 0.3) is 17.7 Å². The number of ketones is 1. The summed E-state index contributed by atoms with van der Waals surface area (Å²) in [7, 11) is 0. The minimum atomic E-state index is -0.597. The Morgan fingerprint density at radius 3 is 2.21 bits per heavy atom. The van der Waals surface area contributed by atoms with Crippen molar-refractivity contribution in [1.29, 1.82) is 0 Å². The summed E-state index contributed by atoms with van der Waals surface area (Å²) in [6, 6.07) is 9.49. The lowest BCUT2D eigenvalue weighted by Crippen LogP contribution is -2.52. The molecule has 1 aliphatic heterocycles. The second kappa shape index (κ2) is 7.93. The second-order valence-corrected chi connectivity index (χ2v) is 8.30. The van der Waals surface area contributed by atoms with Crippen LogP contribution in [-0.2, 0) is 9.59 Å². The van der Waals surface area contributed by atoms with Crippen molar-refractivity contribution in [3.8, 4) is 0 Å². The maximum atomic E-state index is 13.2. The summed E-state index contributed by atoms with van der Waals surface area (Å²) in [5.41, 5.74) is 0.238. The van der Waals surface area contributed by atoms with Crippen molar-refractivity contribution in [2.45, 2.75) is 12.8 Å². The van der Waals surface area contributed by atoms with Gasteiger partial charge in [0.05, 0.1) is 16.7 Å². The van der Waals surface area contributed by atoms with E-state index < -0.39 is 36.1 Å². The molecule has 0 radical (unpaired) electrons. The molecule has 0 N–H and O–H groups in total. The summed E-state index contributed by atoms with van der Waals surface area (Å²) in [5, 5.41) is 4.07. The van der Waals surface area contributed by atoms with Gasteiger partial charge in [-0.05, 0) is 48.6 Å². The standard InChI is InChI=1S/C21H17ClN2O4S/c22-14-9-7-13(8-10-14)19(26)23(12-17(25)18-6-3-11-29-18)24-20(27)15-4-1-2-5-16(15)21(24)28/h1-3,6-11,15-16H,4-5,12H2/t15-,16-/m1/s1. The van der Waals surface area contributed by atoms with E-state index in [0.29, 0.717) is 22.7 Å². The first-order valence-corrected chi connectivity index (χ1v) is 10.4. The van der Waals surface area contributed by atoms with Gasteiger partial charge in [-0.1, -0.05) is 29.8 Å². The Hall–Kier alpha value is -2.77. The van der Waals surface area contributed by atoms with E-state index in [9.17, 15) is 19.2 Å². The van der Waals surface area contributed by atoms with Crippen LogP contribution >= 0.6 is 22.9 Å². The fraction of sp³-hybridized carbons (Fsp3) is 0.238. The fourth-order valence-corrected chi connectivity index (χ4v) is 4.43. The zero-order valence-corrected chi connectivity index (χ0v) is 16.9. The number of carbonyl (C=O) groups excluding carboxylic acids is 4. The summed E-state index contributed by atoms with van der Waals surface area (Å²) in [5.74, 6) is -2.80. The molecule has 2 heterocycles. The van der Waals surface area contributed by atoms with Crippen molar-refractivity contribution >= 4 is 46.4 Å². The van der Waals surface area contributed by atoms with Crippen LogP contribution in [0.1, 0.15) is 32.9 Å². The van der Waals surface area contributed by atoms with E-state index in [1.165, 1.54) is 23.5 Å². The molecule has 1 fully saturated rings. The van der Waals surface area contributed by atoms with Crippen LogP contribution < -0.4 is 0 Å². The Balaban J connectivity index is 1.69. The van der Waals surface area contributed by atoms with Gasteiger partial charge in [-0.15, -0.1) is 11.3 Å². The van der Waals surface area contributed by atoms with Crippen LogP contribution in [0.15, 0.2) is 53.9 Å². The largest absolute Gasteiger partial charge is 0.291 e. The highest BCUT2D eigenvalue weighted by molar-refractivity contribution is 7.12. The molecule has 0 spiro atoms. The highest BCUT2D eigenvalue weighted by Gasteiger charge is 2.51. The lowest BCUT2D eigenvalue weighted by molar-refractivity contribution is -0.154. The first-order chi connectivity index (χ1) is 14.0. The van der Waals surface area contributed by atoms with Gasteiger partial charge in [-0.25, -0.2) is 5.01 Å². The van der Waals surface area contributed by atoms with E-state index in [2.05, 4.69) is 0 Å². The molecule has 1 aliphatic carbocycles. The van der Waals surface area contributed by atoms with Gasteiger partial charge in [0.15, 0.2) is 5.78 Å². The maximum absolute atomic E-state index is 13.2. The Morgan fingerprint density at radius 1 is 1.03 bits per heavy atom. The number of fused-ring (bicyclic) bond motifs is 1. The van der Waals surface area contributed by atoms with Crippen LogP contribution in [0.5, 0.6) is 0 Å². The van der Waals surface area contributed by atoms with Crippen molar-refractivity contribution in [3.05, 3.63) is 69.4 Å². The summed E-state index contributed by atoms with van der Waals surface area (Å²) < 4.78 is 0. The lowest BCUT2D eigenvalue weighted by atomic mass is 9.85. The molecule has 4 rings (SSSR count). The number of thiophene rings is 1. The van der Waals surface area contributed by atoms with E-state index in [0.717, 1.165) is 10.0 Å². The van der Waals surface area contributed by atoms with Crippen molar-refractivity contribution in [2.75, 3.05) is 6.54 Å². The summed E-state index contributed by atoms with van der Waals surface area (Å²) >= 11 is 7.14. The summed E-state index contributed by atoms with van der Waals surface area (Å²) in [6.45, 7) is -0.397. The van der Waals surface area contributed by atoms with E-state index >= 15 is 0 Å². The zero-order valence-electron chi connectivity index (χ0n) is 15.3. The number of halogens is 1. The first-order valence-electron chi connectivity index (χ1n) is 9.14. The predicted octanol–water partition coefficient (Wildman–Crippen LogP) is 3.59. The molecule has 1 aromatic heterocycles. The Kier molecular flexibility index (Phi) is 5.34. The average molecular weight is 429 g/mol. The van der Waals surface area contributed by atoms with Crippen molar-refractivity contribution < 1.29 is 19.2 Å². The van der Waals surface area contributed by atoms with Crippen LogP contribution in [0.4, 0.5) is 0 Å². The average Bonchev–Trinajstić information content (AvgIpc) is 3.35. The summed E-state index contributed by atoms with van der Waals surface area (Å²) in [6.07, 6.45) is 4.65. The van der Waals surface area contributed by atoms with Crippen LogP contribution in [-0.4, -0.2) is 40.1 Å². The number of hydrogen-bond donors (Lipinski definition) is 0. The van der Waals surface area contributed by atoms with Crippen LogP contribution in [0, 0.1) is 11.8 Å². The zero-order chi connectivity index (χ0) is 20.5. The molecule has 2 aromatic rings. The van der Waals surface area contributed by atoms with Crippen molar-refractivity contribution in [3.63, 3.8) is 0 Å².